The van der Waals surface area contributed by atoms with E-state index in [2.05, 4.69) is 13.8 Å². The summed E-state index contributed by atoms with van der Waals surface area (Å²) in [5.74, 6) is -0.762. The van der Waals surface area contributed by atoms with Crippen molar-refractivity contribution in [1.29, 1.82) is 0 Å². The fraction of sp³-hybridized carbons (Fsp3) is 0.977. The second-order valence-corrected chi connectivity index (χ2v) is 33.8. The number of hydrogen-bond acceptors (Lipinski definition) is 7. The Balaban J connectivity index is 3.82. The molecule has 0 rings (SSSR count). The van der Waals surface area contributed by atoms with Gasteiger partial charge in [-0.3, -0.25) is 18.6 Å². The maximum Gasteiger partial charge on any atom is 0.472 e. The predicted molar refractivity (Wildman–Crippen MR) is 428 cm³/mol. The molecule has 0 saturated heterocycles. The van der Waals surface area contributed by atoms with Crippen LogP contribution in [0.15, 0.2) is 0 Å². The molecule has 0 aromatic rings. The Morgan fingerprint density at radius 3 is 0.653 bits per heavy atom. The number of hydrogen-bond donors (Lipinski definition) is 1. The Labute approximate surface area is 614 Å². The number of phosphoric ester groups is 1. The number of nitrogens with zero attached hydrogens (tertiary/aromatic N) is 1. The van der Waals surface area contributed by atoms with Crippen LogP contribution in [0.5, 0.6) is 0 Å². The van der Waals surface area contributed by atoms with E-state index < -0.39 is 26.5 Å². The topological polar surface area (TPSA) is 108 Å². The molecule has 0 spiro atoms. The van der Waals surface area contributed by atoms with Crippen LogP contribution in [-0.2, 0) is 32.7 Å². The van der Waals surface area contributed by atoms with Crippen molar-refractivity contribution in [3.05, 3.63) is 0 Å². The summed E-state index contributed by atoms with van der Waals surface area (Å²) in [6.45, 7) is 4.55. The lowest BCUT2D eigenvalue weighted by Crippen LogP contribution is -2.37. The molecular formula is C88H177NO8P+. The van der Waals surface area contributed by atoms with Gasteiger partial charge in [0.2, 0.25) is 0 Å². The van der Waals surface area contributed by atoms with Gasteiger partial charge in [-0.05, 0) is 12.8 Å². The van der Waals surface area contributed by atoms with Crippen molar-refractivity contribution in [2.75, 3.05) is 47.5 Å². The lowest BCUT2D eigenvalue weighted by molar-refractivity contribution is -0.870. The molecule has 0 aliphatic carbocycles. The number of ether oxygens (including phenoxy) is 2. The Bertz CT molecular complexity index is 1610. The minimum atomic E-state index is -4.39. The number of rotatable bonds is 86. The first-order valence-electron chi connectivity index (χ1n) is 44.8. The van der Waals surface area contributed by atoms with Crippen LogP contribution in [0, 0.1) is 0 Å². The van der Waals surface area contributed by atoms with Crippen molar-refractivity contribution in [2.45, 2.75) is 508 Å². The molecule has 2 atom stereocenters. The van der Waals surface area contributed by atoms with Gasteiger partial charge in [0.25, 0.3) is 0 Å². The number of carbonyl (C=O) groups is 2. The Morgan fingerprint density at radius 2 is 0.459 bits per heavy atom. The lowest BCUT2D eigenvalue weighted by Gasteiger charge is -2.24. The zero-order valence-corrected chi connectivity index (χ0v) is 68.2. The first-order chi connectivity index (χ1) is 48.0. The molecule has 2 unspecified atom stereocenters. The summed E-state index contributed by atoms with van der Waals surface area (Å²) in [6, 6.07) is 0. The monoisotopic (exact) mass is 1410 g/mol. The van der Waals surface area contributed by atoms with E-state index in [4.69, 9.17) is 18.5 Å². The maximum atomic E-state index is 12.9. The molecule has 10 heteroatoms. The van der Waals surface area contributed by atoms with E-state index in [9.17, 15) is 19.0 Å². The highest BCUT2D eigenvalue weighted by Crippen LogP contribution is 2.43. The van der Waals surface area contributed by atoms with Gasteiger partial charge >= 0.3 is 19.8 Å². The number of unbranched alkanes of at least 4 members (excludes halogenated alkanes) is 72. The van der Waals surface area contributed by atoms with Crippen molar-refractivity contribution < 1.29 is 42.1 Å². The molecule has 0 heterocycles. The summed E-state index contributed by atoms with van der Waals surface area (Å²) in [5.41, 5.74) is 0. The molecule has 0 aromatic carbocycles. The van der Waals surface area contributed by atoms with Crippen LogP contribution in [0.25, 0.3) is 0 Å². The predicted octanol–water partition coefficient (Wildman–Crippen LogP) is 30.0. The first-order valence-corrected chi connectivity index (χ1v) is 46.3. The zero-order valence-electron chi connectivity index (χ0n) is 67.3. The summed E-state index contributed by atoms with van der Waals surface area (Å²) in [7, 11) is 1.51. The van der Waals surface area contributed by atoms with Gasteiger partial charge in [0, 0.05) is 12.8 Å². The minimum Gasteiger partial charge on any atom is -0.462 e. The molecule has 1 N–H and O–H groups in total. The Kier molecular flexibility index (Phi) is 79.3. The van der Waals surface area contributed by atoms with Gasteiger partial charge in [0.1, 0.15) is 19.8 Å². The summed E-state index contributed by atoms with van der Waals surface area (Å²) >= 11 is 0. The fourth-order valence-corrected chi connectivity index (χ4v) is 15.1. The third-order valence-corrected chi connectivity index (χ3v) is 22.1. The van der Waals surface area contributed by atoms with Crippen molar-refractivity contribution in [3.63, 3.8) is 0 Å². The standard InChI is InChI=1S/C88H176NO8P/c1-6-8-10-12-14-16-18-20-22-24-26-28-30-32-34-36-38-40-42-44-46-48-50-52-54-56-58-60-62-64-66-68-70-72-74-76-78-80-87(90)94-84-86(85-96-98(92,93)95-83-82-89(3,4)5)97-88(91)81-79-77-75-73-71-69-67-65-63-61-59-57-55-53-51-49-47-45-43-41-39-37-35-33-31-29-27-25-23-21-19-17-15-13-11-9-7-2/h86H,6-85H2,1-5H3/p+1. The maximum absolute atomic E-state index is 12.9. The molecule has 98 heavy (non-hydrogen) atoms. The molecule has 0 aromatic heterocycles. The second kappa shape index (κ2) is 80.1. The van der Waals surface area contributed by atoms with Crippen LogP contribution < -0.4 is 0 Å². The lowest BCUT2D eigenvalue weighted by atomic mass is 10.0. The Hall–Kier alpha value is -0.990. The Morgan fingerprint density at radius 1 is 0.276 bits per heavy atom. The summed E-state index contributed by atoms with van der Waals surface area (Å²) in [5, 5.41) is 0. The smallest absolute Gasteiger partial charge is 0.462 e. The van der Waals surface area contributed by atoms with E-state index in [0.29, 0.717) is 17.4 Å². The SMILES string of the molecule is CCCCCCCCCCCCCCCCCCCCCCCCCCCCCCCCCCCCCCCC(=O)OCC(COP(=O)(O)OCC[N+](C)(C)C)OC(=O)CCCCCCCCCCCCCCCCCCCCCCCCCCCCCCCCCCCCCCC. The molecule has 0 radical (unpaired) electrons. The fourth-order valence-electron chi connectivity index (χ4n) is 14.3. The van der Waals surface area contributed by atoms with Gasteiger partial charge < -0.3 is 18.9 Å². The van der Waals surface area contributed by atoms with Gasteiger partial charge in [-0.15, -0.1) is 0 Å². The van der Waals surface area contributed by atoms with Gasteiger partial charge in [0.05, 0.1) is 27.7 Å². The van der Waals surface area contributed by atoms with Gasteiger partial charge in [-0.2, -0.15) is 0 Å². The first kappa shape index (κ1) is 97.0. The van der Waals surface area contributed by atoms with Gasteiger partial charge in [0.15, 0.2) is 6.10 Å². The molecular weight excluding hydrogens is 1230 g/mol. The van der Waals surface area contributed by atoms with Gasteiger partial charge in [-0.25, -0.2) is 4.57 Å². The van der Waals surface area contributed by atoms with E-state index >= 15 is 0 Å². The average molecular weight is 1410 g/mol. The minimum absolute atomic E-state index is 0.0380. The molecule has 0 aliphatic rings. The van der Waals surface area contributed by atoms with E-state index in [1.807, 2.05) is 21.1 Å². The number of quaternary nitrogens is 1. The molecule has 586 valence electrons. The van der Waals surface area contributed by atoms with Crippen LogP contribution >= 0.6 is 7.82 Å². The number of likely N-dealkylation sites (N-methyl/N-ethyl adjacent to an activating group) is 1. The van der Waals surface area contributed by atoms with Crippen LogP contribution in [0.4, 0.5) is 0 Å². The number of phosphoric acid groups is 1. The van der Waals surface area contributed by atoms with E-state index in [0.717, 1.165) is 38.5 Å². The normalized spacial score (nSPS) is 12.8. The molecule has 0 aliphatic heterocycles. The molecule has 0 bridgehead atoms. The molecule has 0 amide bonds. The van der Waals surface area contributed by atoms with Crippen molar-refractivity contribution in [1.82, 2.24) is 0 Å². The molecule has 0 saturated carbocycles. The quantitative estimate of drug-likeness (QED) is 0.0278. The third-order valence-electron chi connectivity index (χ3n) is 21.1. The van der Waals surface area contributed by atoms with Crippen LogP contribution in [0.1, 0.15) is 502 Å². The highest BCUT2D eigenvalue weighted by atomic mass is 31.2. The highest BCUT2D eigenvalue weighted by molar-refractivity contribution is 7.47. The van der Waals surface area contributed by atoms with Crippen molar-refractivity contribution in [3.8, 4) is 0 Å². The van der Waals surface area contributed by atoms with Crippen LogP contribution in [0.2, 0.25) is 0 Å². The van der Waals surface area contributed by atoms with Gasteiger partial charge in [-0.1, -0.05) is 476 Å². The molecule has 0 fully saturated rings. The van der Waals surface area contributed by atoms with Crippen molar-refractivity contribution >= 4 is 19.8 Å². The summed E-state index contributed by atoms with van der Waals surface area (Å²) in [4.78, 5) is 36.0. The second-order valence-electron chi connectivity index (χ2n) is 32.4. The third kappa shape index (κ3) is 84.0. The summed E-state index contributed by atoms with van der Waals surface area (Å²) < 4.78 is 34.9. The largest absolute Gasteiger partial charge is 0.472 e. The van der Waals surface area contributed by atoms with Crippen molar-refractivity contribution in [2.24, 2.45) is 0 Å². The van der Waals surface area contributed by atoms with E-state index in [1.54, 1.807) is 0 Å². The zero-order chi connectivity index (χ0) is 71.1. The van der Waals surface area contributed by atoms with Crippen LogP contribution in [0.3, 0.4) is 0 Å². The van der Waals surface area contributed by atoms with Crippen LogP contribution in [-0.4, -0.2) is 74.9 Å². The highest BCUT2D eigenvalue weighted by Gasteiger charge is 2.27. The number of esters is 2. The average Bonchev–Trinajstić information content (AvgIpc) is 1.14. The summed E-state index contributed by atoms with van der Waals surface area (Å²) in [6.07, 6.45) is 102. The number of carbonyl (C=O) groups excluding carboxylic acids is 2. The molecule has 9 nitrogen and oxygen atoms in total. The van der Waals surface area contributed by atoms with E-state index in [1.165, 1.54) is 437 Å². The van der Waals surface area contributed by atoms with E-state index in [-0.39, 0.29) is 25.6 Å².